The Bertz CT molecular complexity index is 918. The van der Waals surface area contributed by atoms with E-state index in [0.717, 1.165) is 23.1 Å². The van der Waals surface area contributed by atoms with Gasteiger partial charge in [0.25, 0.3) is 0 Å². The lowest BCUT2D eigenvalue weighted by atomic mass is 10.1. The number of carbonyl (C=O) groups excluding carboxylic acids is 3. The molecule has 0 radical (unpaired) electrons. The lowest BCUT2D eigenvalue weighted by molar-refractivity contribution is -0.147. The van der Waals surface area contributed by atoms with Crippen LogP contribution in [0.15, 0.2) is 47.4 Å². The van der Waals surface area contributed by atoms with Gasteiger partial charge >= 0.3 is 5.97 Å². The van der Waals surface area contributed by atoms with E-state index in [1.165, 1.54) is 18.7 Å². The second-order valence-corrected chi connectivity index (χ2v) is 7.17. The van der Waals surface area contributed by atoms with Gasteiger partial charge in [-0.3, -0.25) is 14.4 Å². The van der Waals surface area contributed by atoms with Crippen molar-refractivity contribution in [2.45, 2.75) is 29.6 Å². The molecule has 1 N–H and O–H groups in total. The number of halogens is 2. The lowest BCUT2D eigenvalue weighted by Gasteiger charge is -2.23. The van der Waals surface area contributed by atoms with E-state index < -0.39 is 34.7 Å². The quantitative estimate of drug-likeness (QED) is 0.623. The number of para-hydroxylation sites is 1. The second-order valence-electron chi connectivity index (χ2n) is 5.92. The predicted octanol–water partition coefficient (Wildman–Crippen LogP) is 3.58. The van der Waals surface area contributed by atoms with Crippen LogP contribution < -0.4 is 5.32 Å². The first-order chi connectivity index (χ1) is 12.8. The molecule has 140 valence electrons. The van der Waals surface area contributed by atoms with E-state index in [4.69, 9.17) is 4.74 Å². The Morgan fingerprint density at radius 1 is 1.19 bits per heavy atom. The number of Topliss-reactive ketones (excluding diaryl/α,β-unsaturated/α-hetero) is 1. The smallest absolute Gasteiger partial charge is 0.308 e. The van der Waals surface area contributed by atoms with E-state index in [1.807, 2.05) is 12.1 Å². The van der Waals surface area contributed by atoms with Crippen LogP contribution in [0, 0.1) is 11.6 Å². The number of benzene rings is 2. The fourth-order valence-electron chi connectivity index (χ4n) is 2.56. The molecule has 2 aromatic carbocycles. The van der Waals surface area contributed by atoms with Gasteiger partial charge in [0.1, 0.15) is 0 Å². The first-order valence-electron chi connectivity index (χ1n) is 8.10. The van der Waals surface area contributed by atoms with Crippen molar-refractivity contribution in [2.24, 2.45) is 0 Å². The first-order valence-corrected chi connectivity index (χ1v) is 8.98. The van der Waals surface area contributed by atoms with Gasteiger partial charge in [-0.25, -0.2) is 8.78 Å². The Morgan fingerprint density at radius 2 is 1.93 bits per heavy atom. The lowest BCUT2D eigenvalue weighted by Crippen LogP contribution is -2.33. The number of ketones is 1. The van der Waals surface area contributed by atoms with Gasteiger partial charge in [0.2, 0.25) is 11.7 Å². The predicted molar refractivity (Wildman–Crippen MR) is 95.6 cm³/mol. The van der Waals surface area contributed by atoms with Crippen LogP contribution in [0.5, 0.6) is 0 Å². The number of carbonyl (C=O) groups is 3. The summed E-state index contributed by atoms with van der Waals surface area (Å²) in [7, 11) is 0. The van der Waals surface area contributed by atoms with Gasteiger partial charge in [0.15, 0.2) is 17.7 Å². The molecule has 2 atom stereocenters. The largest absolute Gasteiger partial charge is 0.454 e. The zero-order chi connectivity index (χ0) is 19.6. The maximum Gasteiger partial charge on any atom is 0.308 e. The second kappa shape index (κ2) is 7.87. The third-order valence-electron chi connectivity index (χ3n) is 3.94. The summed E-state index contributed by atoms with van der Waals surface area (Å²) in [5.41, 5.74) is 0.576. The van der Waals surface area contributed by atoms with E-state index in [9.17, 15) is 23.2 Å². The van der Waals surface area contributed by atoms with Gasteiger partial charge in [-0.15, -0.1) is 11.8 Å². The number of rotatable bonds is 5. The zero-order valence-corrected chi connectivity index (χ0v) is 15.0. The SMILES string of the molecule is CC(OC(=O)CC1Sc2ccccc2NC1=O)C(=O)c1ccc(F)c(F)c1. The summed E-state index contributed by atoms with van der Waals surface area (Å²) in [5.74, 6) is -3.95. The molecule has 27 heavy (non-hydrogen) atoms. The van der Waals surface area contributed by atoms with Crippen LogP contribution in [0.4, 0.5) is 14.5 Å². The molecule has 0 saturated heterocycles. The molecule has 0 bridgehead atoms. The molecule has 2 aromatic rings. The number of esters is 1. The van der Waals surface area contributed by atoms with E-state index in [1.54, 1.807) is 12.1 Å². The fourth-order valence-corrected chi connectivity index (χ4v) is 3.66. The highest BCUT2D eigenvalue weighted by Crippen LogP contribution is 2.36. The molecular weight excluding hydrogens is 376 g/mol. The molecule has 5 nitrogen and oxygen atoms in total. The summed E-state index contributed by atoms with van der Waals surface area (Å²) >= 11 is 1.24. The molecule has 1 aliphatic rings. The summed E-state index contributed by atoms with van der Waals surface area (Å²) in [6.07, 6.45) is -1.41. The Hall–Kier alpha value is -2.74. The number of fused-ring (bicyclic) bond motifs is 1. The van der Waals surface area contributed by atoms with Crippen molar-refractivity contribution in [3.8, 4) is 0 Å². The van der Waals surface area contributed by atoms with Crippen LogP contribution in [-0.2, 0) is 14.3 Å². The van der Waals surface area contributed by atoms with Crippen LogP contribution in [-0.4, -0.2) is 29.0 Å². The molecule has 0 spiro atoms. The van der Waals surface area contributed by atoms with Gasteiger partial charge in [-0.05, 0) is 37.3 Å². The third kappa shape index (κ3) is 4.33. The standard InChI is InChI=1S/C19H15F2NO4S/c1-10(18(24)11-6-7-12(20)13(21)8-11)26-17(23)9-16-19(25)22-14-4-2-3-5-15(14)27-16/h2-8,10,16H,9H2,1H3,(H,22,25). The third-order valence-corrected chi connectivity index (χ3v) is 5.22. The molecule has 1 amide bonds. The molecule has 8 heteroatoms. The summed E-state index contributed by atoms with van der Waals surface area (Å²) in [4.78, 5) is 37.3. The molecule has 0 saturated carbocycles. The molecule has 2 unspecified atom stereocenters. The van der Waals surface area contributed by atoms with Crippen molar-refractivity contribution < 1.29 is 27.9 Å². The highest BCUT2D eigenvalue weighted by Gasteiger charge is 2.30. The van der Waals surface area contributed by atoms with Crippen LogP contribution >= 0.6 is 11.8 Å². The van der Waals surface area contributed by atoms with Gasteiger partial charge in [-0.1, -0.05) is 12.1 Å². The van der Waals surface area contributed by atoms with Crippen molar-refractivity contribution in [2.75, 3.05) is 5.32 Å². The van der Waals surface area contributed by atoms with Crippen LogP contribution in [0.1, 0.15) is 23.7 Å². The molecule has 0 aliphatic carbocycles. The monoisotopic (exact) mass is 391 g/mol. The summed E-state index contributed by atoms with van der Waals surface area (Å²) in [6.45, 7) is 1.34. The molecule has 0 fully saturated rings. The highest BCUT2D eigenvalue weighted by molar-refractivity contribution is 8.01. The van der Waals surface area contributed by atoms with Crippen LogP contribution in [0.2, 0.25) is 0 Å². The maximum absolute atomic E-state index is 13.3. The minimum atomic E-state index is -1.19. The van der Waals surface area contributed by atoms with Crippen molar-refractivity contribution in [1.82, 2.24) is 0 Å². The maximum atomic E-state index is 13.3. The van der Waals surface area contributed by atoms with Crippen LogP contribution in [0.3, 0.4) is 0 Å². The molecular formula is C19H15F2NO4S. The minimum absolute atomic E-state index is 0.104. The van der Waals surface area contributed by atoms with E-state index in [2.05, 4.69) is 5.32 Å². The number of amides is 1. The topological polar surface area (TPSA) is 72.5 Å². The Labute approximate surface area is 158 Å². The summed E-state index contributed by atoms with van der Waals surface area (Å²) in [5, 5.41) is 2.03. The number of ether oxygens (including phenoxy) is 1. The number of hydrogen-bond acceptors (Lipinski definition) is 5. The van der Waals surface area contributed by atoms with Crippen molar-refractivity contribution in [3.63, 3.8) is 0 Å². The van der Waals surface area contributed by atoms with Gasteiger partial charge in [-0.2, -0.15) is 0 Å². The van der Waals surface area contributed by atoms with Gasteiger partial charge in [0.05, 0.1) is 17.4 Å². The first kappa shape index (κ1) is 19.0. The molecule has 0 aromatic heterocycles. The average molecular weight is 391 g/mol. The summed E-state index contributed by atoms with van der Waals surface area (Å²) in [6, 6.07) is 9.90. The Morgan fingerprint density at radius 3 is 2.67 bits per heavy atom. The number of hydrogen-bond donors (Lipinski definition) is 1. The summed E-state index contributed by atoms with van der Waals surface area (Å²) < 4.78 is 31.3. The molecule has 1 heterocycles. The minimum Gasteiger partial charge on any atom is -0.454 e. The molecule has 1 aliphatic heterocycles. The number of anilines is 1. The van der Waals surface area contributed by atoms with E-state index in [0.29, 0.717) is 5.69 Å². The highest BCUT2D eigenvalue weighted by atomic mass is 32.2. The fraction of sp³-hybridized carbons (Fsp3) is 0.211. The average Bonchev–Trinajstić information content (AvgIpc) is 2.64. The van der Waals surface area contributed by atoms with E-state index in [-0.39, 0.29) is 17.9 Å². The molecule has 3 rings (SSSR count). The van der Waals surface area contributed by atoms with Gasteiger partial charge < -0.3 is 10.1 Å². The Balaban J connectivity index is 1.61. The Kier molecular flexibility index (Phi) is 5.55. The van der Waals surface area contributed by atoms with Gasteiger partial charge in [0, 0.05) is 10.5 Å². The zero-order valence-electron chi connectivity index (χ0n) is 14.2. The van der Waals surface area contributed by atoms with Crippen molar-refractivity contribution in [3.05, 3.63) is 59.7 Å². The normalized spacial score (nSPS) is 16.9. The number of thioether (sulfide) groups is 1. The van der Waals surface area contributed by atoms with Crippen molar-refractivity contribution >= 4 is 35.1 Å². The van der Waals surface area contributed by atoms with Crippen LogP contribution in [0.25, 0.3) is 0 Å². The van der Waals surface area contributed by atoms with Crippen molar-refractivity contribution in [1.29, 1.82) is 0 Å². The number of nitrogens with one attached hydrogen (secondary N) is 1. The van der Waals surface area contributed by atoms with E-state index >= 15 is 0 Å².